The van der Waals surface area contributed by atoms with E-state index in [0.29, 0.717) is 15.4 Å². The smallest absolute Gasteiger partial charge is 0.269 e. The fourth-order valence-corrected chi connectivity index (χ4v) is 3.00. The van der Waals surface area contributed by atoms with Gasteiger partial charge in [0.15, 0.2) is 0 Å². The normalized spacial score (nSPS) is 10.4. The summed E-state index contributed by atoms with van der Waals surface area (Å²) >= 11 is 1.10. The number of rotatable bonds is 5. The summed E-state index contributed by atoms with van der Waals surface area (Å²) in [6.45, 7) is 0.226. The van der Waals surface area contributed by atoms with Crippen molar-refractivity contribution in [1.82, 2.24) is 10.3 Å². The number of hydrogen-bond donors (Lipinski definition) is 1. The summed E-state index contributed by atoms with van der Waals surface area (Å²) in [6.07, 6.45) is 1.40. The van der Waals surface area contributed by atoms with Gasteiger partial charge < -0.3 is 5.32 Å². The summed E-state index contributed by atoms with van der Waals surface area (Å²) in [5.74, 6) is -0.729. The van der Waals surface area contributed by atoms with Crippen LogP contribution >= 0.6 is 11.3 Å². The SMILES string of the molecule is O=C(NCc1ccc([N+](=O)[O-])cc1)c1cnc(-c2ccccc2F)s1. The lowest BCUT2D eigenvalue weighted by Gasteiger charge is -2.03. The van der Waals surface area contributed by atoms with Crippen molar-refractivity contribution in [2.75, 3.05) is 0 Å². The monoisotopic (exact) mass is 357 g/mol. The van der Waals surface area contributed by atoms with Gasteiger partial charge in [-0.2, -0.15) is 0 Å². The molecule has 1 aromatic heterocycles. The molecule has 3 aromatic rings. The van der Waals surface area contributed by atoms with E-state index in [-0.39, 0.29) is 18.1 Å². The van der Waals surface area contributed by atoms with Crippen LogP contribution in [0.4, 0.5) is 10.1 Å². The molecule has 25 heavy (non-hydrogen) atoms. The van der Waals surface area contributed by atoms with Gasteiger partial charge in [-0.3, -0.25) is 14.9 Å². The zero-order valence-electron chi connectivity index (χ0n) is 12.8. The molecule has 1 N–H and O–H groups in total. The number of thiazole rings is 1. The maximum absolute atomic E-state index is 13.8. The summed E-state index contributed by atoms with van der Waals surface area (Å²) in [5.41, 5.74) is 1.08. The third-order valence-electron chi connectivity index (χ3n) is 3.43. The van der Waals surface area contributed by atoms with E-state index in [1.165, 1.54) is 24.4 Å². The largest absolute Gasteiger partial charge is 0.347 e. The molecule has 0 spiro atoms. The van der Waals surface area contributed by atoms with Crippen molar-refractivity contribution in [1.29, 1.82) is 0 Å². The number of nitro benzene ring substituents is 1. The lowest BCUT2D eigenvalue weighted by molar-refractivity contribution is -0.384. The maximum atomic E-state index is 13.8. The Bertz CT molecular complexity index is 925. The van der Waals surface area contributed by atoms with Gasteiger partial charge in [0.25, 0.3) is 11.6 Å². The van der Waals surface area contributed by atoms with Crippen LogP contribution in [-0.4, -0.2) is 15.8 Å². The van der Waals surface area contributed by atoms with Gasteiger partial charge in [0.2, 0.25) is 0 Å². The van der Waals surface area contributed by atoms with Crippen LogP contribution in [0.2, 0.25) is 0 Å². The van der Waals surface area contributed by atoms with Crippen LogP contribution in [-0.2, 0) is 6.54 Å². The molecule has 3 rings (SSSR count). The van der Waals surface area contributed by atoms with Crippen molar-refractivity contribution >= 4 is 22.9 Å². The zero-order chi connectivity index (χ0) is 17.8. The highest BCUT2D eigenvalue weighted by Gasteiger charge is 2.14. The first-order valence-electron chi connectivity index (χ1n) is 7.27. The fourth-order valence-electron chi connectivity index (χ4n) is 2.14. The Morgan fingerprint density at radius 3 is 2.60 bits per heavy atom. The molecule has 2 aromatic carbocycles. The van der Waals surface area contributed by atoms with Crippen LogP contribution in [0.5, 0.6) is 0 Å². The standard InChI is InChI=1S/C17H12FN3O3S/c18-14-4-2-1-3-13(14)17-20-10-15(25-17)16(22)19-9-11-5-7-12(8-6-11)21(23)24/h1-8,10H,9H2,(H,19,22). The molecule has 0 saturated carbocycles. The maximum Gasteiger partial charge on any atom is 0.269 e. The number of halogens is 1. The number of hydrogen-bond acceptors (Lipinski definition) is 5. The predicted octanol–water partition coefficient (Wildman–Crippen LogP) is 3.79. The molecule has 0 atom stereocenters. The number of nitrogens with one attached hydrogen (secondary N) is 1. The van der Waals surface area contributed by atoms with Gasteiger partial charge in [-0.25, -0.2) is 9.37 Å². The third-order valence-corrected chi connectivity index (χ3v) is 4.46. The summed E-state index contributed by atoms with van der Waals surface area (Å²) < 4.78 is 13.8. The van der Waals surface area contributed by atoms with Gasteiger partial charge in [0.05, 0.1) is 11.1 Å². The lowest BCUT2D eigenvalue weighted by atomic mass is 10.2. The highest BCUT2D eigenvalue weighted by Crippen LogP contribution is 2.27. The summed E-state index contributed by atoms with van der Waals surface area (Å²) in [4.78, 5) is 26.8. The third kappa shape index (κ3) is 3.86. The number of amides is 1. The second-order valence-corrected chi connectivity index (χ2v) is 6.15. The van der Waals surface area contributed by atoms with Gasteiger partial charge in [-0.1, -0.05) is 24.3 Å². The minimum Gasteiger partial charge on any atom is -0.347 e. The Morgan fingerprint density at radius 2 is 1.92 bits per heavy atom. The van der Waals surface area contributed by atoms with Crippen LogP contribution in [0.1, 0.15) is 15.2 Å². The summed E-state index contributed by atoms with van der Waals surface area (Å²) in [7, 11) is 0. The number of nitro groups is 1. The van der Waals surface area contributed by atoms with Crippen LogP contribution in [0.25, 0.3) is 10.6 Å². The first-order chi connectivity index (χ1) is 12.0. The molecule has 8 heteroatoms. The van der Waals surface area contributed by atoms with Crippen molar-refractivity contribution in [3.63, 3.8) is 0 Å². The Hall–Kier alpha value is -3.13. The number of carbonyl (C=O) groups excluding carboxylic acids is 1. The predicted molar refractivity (Wildman–Crippen MR) is 91.8 cm³/mol. The molecule has 0 aliphatic carbocycles. The molecule has 0 radical (unpaired) electrons. The van der Waals surface area contributed by atoms with Crippen molar-refractivity contribution in [2.45, 2.75) is 6.54 Å². The molecule has 0 fully saturated rings. The second kappa shape index (κ2) is 7.18. The Morgan fingerprint density at radius 1 is 1.20 bits per heavy atom. The molecule has 0 unspecified atom stereocenters. The van der Waals surface area contributed by atoms with E-state index in [0.717, 1.165) is 16.9 Å². The van der Waals surface area contributed by atoms with E-state index in [1.807, 2.05) is 0 Å². The number of nitrogens with zero attached hydrogens (tertiary/aromatic N) is 2. The molecule has 1 amide bonds. The Balaban J connectivity index is 1.66. The summed E-state index contributed by atoms with van der Waals surface area (Å²) in [6, 6.07) is 12.1. The van der Waals surface area contributed by atoms with Crippen LogP contribution < -0.4 is 5.32 Å². The van der Waals surface area contributed by atoms with E-state index in [1.54, 1.807) is 30.3 Å². The Labute approximate surface area is 146 Å². The topological polar surface area (TPSA) is 85.1 Å². The highest BCUT2D eigenvalue weighted by atomic mass is 32.1. The number of benzene rings is 2. The summed E-state index contributed by atoms with van der Waals surface area (Å²) in [5, 5.41) is 13.8. The van der Waals surface area contributed by atoms with Gasteiger partial charge in [-0.05, 0) is 17.7 Å². The molecule has 0 saturated heterocycles. The number of non-ortho nitro benzene ring substituents is 1. The van der Waals surface area contributed by atoms with E-state index in [9.17, 15) is 19.3 Å². The highest BCUT2D eigenvalue weighted by molar-refractivity contribution is 7.16. The van der Waals surface area contributed by atoms with Crippen molar-refractivity contribution < 1.29 is 14.1 Å². The van der Waals surface area contributed by atoms with Gasteiger partial charge >= 0.3 is 0 Å². The van der Waals surface area contributed by atoms with E-state index in [2.05, 4.69) is 10.3 Å². The number of carbonyl (C=O) groups is 1. The van der Waals surface area contributed by atoms with Crippen molar-refractivity contribution in [3.05, 3.63) is 81.1 Å². The molecule has 0 aliphatic rings. The van der Waals surface area contributed by atoms with Crippen molar-refractivity contribution in [2.24, 2.45) is 0 Å². The van der Waals surface area contributed by atoms with E-state index in [4.69, 9.17) is 0 Å². The molecule has 0 aliphatic heterocycles. The lowest BCUT2D eigenvalue weighted by Crippen LogP contribution is -2.21. The first kappa shape index (κ1) is 16.7. The molecular weight excluding hydrogens is 345 g/mol. The quantitative estimate of drug-likeness (QED) is 0.556. The van der Waals surface area contributed by atoms with Gasteiger partial charge in [0.1, 0.15) is 15.7 Å². The van der Waals surface area contributed by atoms with Gasteiger partial charge in [0, 0.05) is 24.2 Å². The average Bonchev–Trinajstić information content (AvgIpc) is 3.10. The minimum atomic E-state index is -0.482. The molecule has 126 valence electrons. The van der Waals surface area contributed by atoms with Crippen LogP contribution in [0.15, 0.2) is 54.7 Å². The molecular formula is C17H12FN3O3S. The van der Waals surface area contributed by atoms with Crippen molar-refractivity contribution in [3.8, 4) is 10.6 Å². The zero-order valence-corrected chi connectivity index (χ0v) is 13.6. The van der Waals surface area contributed by atoms with Crippen LogP contribution in [0, 0.1) is 15.9 Å². The average molecular weight is 357 g/mol. The molecule has 1 heterocycles. The second-order valence-electron chi connectivity index (χ2n) is 5.12. The molecule has 6 nitrogen and oxygen atoms in total. The van der Waals surface area contributed by atoms with E-state index < -0.39 is 10.7 Å². The van der Waals surface area contributed by atoms with Gasteiger partial charge in [-0.15, -0.1) is 11.3 Å². The fraction of sp³-hybridized carbons (Fsp3) is 0.0588. The first-order valence-corrected chi connectivity index (χ1v) is 8.08. The molecule has 0 bridgehead atoms. The number of aromatic nitrogens is 1. The van der Waals surface area contributed by atoms with Crippen LogP contribution in [0.3, 0.4) is 0 Å². The Kier molecular flexibility index (Phi) is 4.80. The minimum absolute atomic E-state index is 0.00735. The van der Waals surface area contributed by atoms with E-state index >= 15 is 0 Å².